The van der Waals surface area contributed by atoms with E-state index >= 15 is 0 Å². The van der Waals surface area contributed by atoms with Gasteiger partial charge >= 0.3 is 6.18 Å². The lowest BCUT2D eigenvalue weighted by atomic mass is 10.1. The Balaban J connectivity index is 1.67. The van der Waals surface area contributed by atoms with Crippen molar-refractivity contribution in [3.63, 3.8) is 0 Å². The Morgan fingerprint density at radius 3 is 2.59 bits per heavy atom. The first kappa shape index (κ1) is 18.8. The summed E-state index contributed by atoms with van der Waals surface area (Å²) in [5.74, 6) is -2.06. The number of benzene rings is 1. The highest BCUT2D eigenvalue weighted by molar-refractivity contribution is 5.97. The Morgan fingerprint density at radius 2 is 1.93 bits per heavy atom. The molecule has 0 bridgehead atoms. The molecule has 2 N–H and O–H groups in total. The maximum absolute atomic E-state index is 14.0. The van der Waals surface area contributed by atoms with Crippen LogP contribution in [0.15, 0.2) is 36.5 Å². The number of anilines is 1. The minimum Gasteiger partial charge on any atom is -0.348 e. The van der Waals surface area contributed by atoms with Crippen LogP contribution in [-0.2, 0) is 17.5 Å². The Kier molecular flexibility index (Phi) is 5.11. The van der Waals surface area contributed by atoms with Gasteiger partial charge in [0.1, 0.15) is 11.6 Å². The summed E-state index contributed by atoms with van der Waals surface area (Å²) in [5.41, 5.74) is -1.53. The van der Waals surface area contributed by atoms with Crippen LogP contribution < -0.4 is 10.6 Å². The number of aromatic nitrogens is 1. The molecule has 0 atom stereocenters. The van der Waals surface area contributed by atoms with Crippen molar-refractivity contribution in [3.05, 3.63) is 59.0 Å². The summed E-state index contributed by atoms with van der Waals surface area (Å²) in [6.07, 6.45) is -1.87. The summed E-state index contributed by atoms with van der Waals surface area (Å²) in [7, 11) is 0. The van der Waals surface area contributed by atoms with Crippen LogP contribution in [0, 0.1) is 11.7 Å². The van der Waals surface area contributed by atoms with Crippen molar-refractivity contribution in [1.82, 2.24) is 10.3 Å². The molecule has 0 aliphatic heterocycles. The number of nitrogens with zero attached hydrogens (tertiary/aromatic N) is 1. The van der Waals surface area contributed by atoms with Crippen molar-refractivity contribution in [3.8, 4) is 0 Å². The normalized spacial score (nSPS) is 13.9. The number of carbonyl (C=O) groups excluding carboxylic acids is 2. The van der Waals surface area contributed by atoms with Gasteiger partial charge in [-0.2, -0.15) is 13.2 Å². The Labute approximate surface area is 151 Å². The fourth-order valence-corrected chi connectivity index (χ4v) is 2.43. The van der Waals surface area contributed by atoms with E-state index in [1.54, 1.807) is 0 Å². The second-order valence-corrected chi connectivity index (χ2v) is 6.15. The number of nitrogens with one attached hydrogen (secondary N) is 2. The number of hydrogen-bond acceptors (Lipinski definition) is 3. The van der Waals surface area contributed by atoms with Gasteiger partial charge in [0.25, 0.3) is 5.91 Å². The molecule has 5 nitrogen and oxygen atoms in total. The van der Waals surface area contributed by atoms with Gasteiger partial charge in [0.05, 0.1) is 5.56 Å². The summed E-state index contributed by atoms with van der Waals surface area (Å²) < 4.78 is 52.2. The monoisotopic (exact) mass is 381 g/mol. The van der Waals surface area contributed by atoms with Gasteiger partial charge in [-0.05, 0) is 31.0 Å². The second-order valence-electron chi connectivity index (χ2n) is 6.15. The van der Waals surface area contributed by atoms with Crippen LogP contribution in [0.1, 0.15) is 34.3 Å². The molecule has 3 rings (SSSR count). The molecule has 1 aromatic heterocycles. The maximum atomic E-state index is 14.0. The van der Waals surface area contributed by atoms with E-state index in [0.717, 1.165) is 18.9 Å². The lowest BCUT2D eigenvalue weighted by molar-refractivity contribution is -0.140. The number of pyridine rings is 1. The van der Waals surface area contributed by atoms with Gasteiger partial charge < -0.3 is 10.6 Å². The zero-order valence-corrected chi connectivity index (χ0v) is 13.9. The predicted molar refractivity (Wildman–Crippen MR) is 88.2 cm³/mol. The van der Waals surface area contributed by atoms with Gasteiger partial charge in [-0.1, -0.05) is 12.1 Å². The molecule has 1 heterocycles. The van der Waals surface area contributed by atoms with E-state index in [4.69, 9.17) is 0 Å². The predicted octanol–water partition coefficient (Wildman–Crippen LogP) is 3.52. The number of rotatable bonds is 5. The summed E-state index contributed by atoms with van der Waals surface area (Å²) in [4.78, 5) is 27.9. The topological polar surface area (TPSA) is 71.1 Å². The van der Waals surface area contributed by atoms with E-state index < -0.39 is 30.0 Å². The number of hydrogen-bond donors (Lipinski definition) is 2. The van der Waals surface area contributed by atoms with E-state index in [-0.39, 0.29) is 28.8 Å². The van der Waals surface area contributed by atoms with Crippen molar-refractivity contribution < 1.29 is 27.2 Å². The Hall–Kier alpha value is -2.97. The standard InChI is InChI=1S/C18H15F4N3O2/c19-15-12(2-1-3-13(15)18(20,21)22)9-24-16(26)11-6-7-23-14(8-11)25-17(27)10-4-5-10/h1-3,6-8,10H,4-5,9H2,(H,24,26)(H,23,25,27). The third-order valence-electron chi connectivity index (χ3n) is 4.05. The van der Waals surface area contributed by atoms with Crippen molar-refractivity contribution in [2.75, 3.05) is 5.32 Å². The second kappa shape index (κ2) is 7.34. The molecular weight excluding hydrogens is 366 g/mol. The molecule has 1 fully saturated rings. The van der Waals surface area contributed by atoms with Crippen LogP contribution in [0.2, 0.25) is 0 Å². The van der Waals surface area contributed by atoms with E-state index in [0.29, 0.717) is 6.07 Å². The average Bonchev–Trinajstić information content (AvgIpc) is 3.45. The summed E-state index contributed by atoms with van der Waals surface area (Å²) in [5, 5.41) is 4.95. The molecule has 1 saturated carbocycles. The summed E-state index contributed by atoms with van der Waals surface area (Å²) in [6.45, 7) is -0.416. The van der Waals surface area contributed by atoms with Crippen LogP contribution in [0.3, 0.4) is 0 Å². The molecule has 0 spiro atoms. The quantitative estimate of drug-likeness (QED) is 0.779. The van der Waals surface area contributed by atoms with Crippen molar-refractivity contribution in [1.29, 1.82) is 0 Å². The van der Waals surface area contributed by atoms with Gasteiger partial charge in [0.2, 0.25) is 5.91 Å². The number of alkyl halides is 3. The number of carbonyl (C=O) groups is 2. The largest absolute Gasteiger partial charge is 0.419 e. The molecule has 2 aromatic rings. The lowest BCUT2D eigenvalue weighted by Crippen LogP contribution is -2.24. The minimum atomic E-state index is -4.82. The summed E-state index contributed by atoms with van der Waals surface area (Å²) in [6, 6.07) is 5.60. The highest BCUT2D eigenvalue weighted by Crippen LogP contribution is 2.32. The zero-order valence-electron chi connectivity index (χ0n) is 13.9. The van der Waals surface area contributed by atoms with Crippen molar-refractivity contribution in [2.45, 2.75) is 25.6 Å². The van der Waals surface area contributed by atoms with Gasteiger partial charge in [0.15, 0.2) is 0 Å². The van der Waals surface area contributed by atoms with Crippen LogP contribution >= 0.6 is 0 Å². The van der Waals surface area contributed by atoms with Crippen LogP contribution in [-0.4, -0.2) is 16.8 Å². The number of halogens is 4. The van der Waals surface area contributed by atoms with Crippen LogP contribution in [0.4, 0.5) is 23.4 Å². The van der Waals surface area contributed by atoms with E-state index in [1.165, 1.54) is 24.4 Å². The van der Waals surface area contributed by atoms with Crippen molar-refractivity contribution in [2.24, 2.45) is 5.92 Å². The first-order valence-corrected chi connectivity index (χ1v) is 8.15. The fourth-order valence-electron chi connectivity index (χ4n) is 2.43. The summed E-state index contributed by atoms with van der Waals surface area (Å²) >= 11 is 0. The first-order chi connectivity index (χ1) is 12.8. The molecule has 9 heteroatoms. The Morgan fingerprint density at radius 1 is 1.19 bits per heavy atom. The maximum Gasteiger partial charge on any atom is 0.419 e. The minimum absolute atomic E-state index is 0.0341. The zero-order chi connectivity index (χ0) is 19.6. The lowest BCUT2D eigenvalue weighted by Gasteiger charge is -2.12. The highest BCUT2D eigenvalue weighted by atomic mass is 19.4. The van der Waals surface area contributed by atoms with Crippen LogP contribution in [0.5, 0.6) is 0 Å². The molecule has 142 valence electrons. The molecule has 0 saturated heterocycles. The molecule has 27 heavy (non-hydrogen) atoms. The fraction of sp³-hybridized carbons (Fsp3) is 0.278. The SMILES string of the molecule is O=C(NCc1cccc(C(F)(F)F)c1F)c1ccnc(NC(=O)C2CC2)c1. The van der Waals surface area contributed by atoms with Gasteiger partial charge in [-0.25, -0.2) is 9.37 Å². The van der Waals surface area contributed by atoms with E-state index in [1.807, 2.05) is 0 Å². The Bertz CT molecular complexity index is 879. The van der Waals surface area contributed by atoms with Crippen molar-refractivity contribution >= 4 is 17.6 Å². The third kappa shape index (κ3) is 4.60. The first-order valence-electron chi connectivity index (χ1n) is 8.15. The van der Waals surface area contributed by atoms with E-state index in [9.17, 15) is 27.2 Å². The molecule has 0 radical (unpaired) electrons. The molecular formula is C18H15F4N3O2. The molecule has 1 aromatic carbocycles. The molecule has 1 aliphatic carbocycles. The number of amides is 2. The van der Waals surface area contributed by atoms with Gasteiger partial charge in [0, 0.05) is 29.8 Å². The smallest absolute Gasteiger partial charge is 0.348 e. The van der Waals surface area contributed by atoms with Gasteiger partial charge in [-0.3, -0.25) is 9.59 Å². The average molecular weight is 381 g/mol. The third-order valence-corrected chi connectivity index (χ3v) is 4.05. The molecule has 1 aliphatic rings. The van der Waals surface area contributed by atoms with Crippen LogP contribution in [0.25, 0.3) is 0 Å². The van der Waals surface area contributed by atoms with E-state index in [2.05, 4.69) is 15.6 Å². The molecule has 0 unspecified atom stereocenters. The highest BCUT2D eigenvalue weighted by Gasteiger charge is 2.34. The molecule has 2 amide bonds. The van der Waals surface area contributed by atoms with Gasteiger partial charge in [-0.15, -0.1) is 0 Å².